The zero-order valence-electron chi connectivity index (χ0n) is 8.24. The highest BCUT2D eigenvalue weighted by atomic mass is 19.1. The van der Waals surface area contributed by atoms with Crippen LogP contribution in [0.25, 0.3) is 0 Å². The highest BCUT2D eigenvalue weighted by molar-refractivity contribution is 5.67. The molecule has 0 aliphatic heterocycles. The van der Waals surface area contributed by atoms with Crippen LogP contribution in [-0.4, -0.2) is 18.2 Å². The Morgan fingerprint density at radius 1 is 1.67 bits per heavy atom. The molecule has 15 heavy (non-hydrogen) atoms. The average Bonchev–Trinajstić information content (AvgIpc) is 2.16. The molecule has 0 unspecified atom stereocenters. The van der Waals surface area contributed by atoms with Crippen molar-refractivity contribution in [3.8, 4) is 5.75 Å². The first-order chi connectivity index (χ1) is 7.04. The maximum Gasteiger partial charge on any atom is 0.305 e. The van der Waals surface area contributed by atoms with Crippen molar-refractivity contribution in [1.82, 2.24) is 0 Å². The average molecular weight is 213 g/mol. The third kappa shape index (κ3) is 2.92. The van der Waals surface area contributed by atoms with Gasteiger partial charge in [-0.3, -0.25) is 4.79 Å². The lowest BCUT2D eigenvalue weighted by molar-refractivity contribution is -0.137. The molecule has 4 nitrogen and oxygen atoms in total. The minimum atomic E-state index is -1.02. The highest BCUT2D eigenvalue weighted by Crippen LogP contribution is 2.22. The molecule has 82 valence electrons. The third-order valence-electron chi connectivity index (χ3n) is 2.00. The molecule has 0 radical (unpaired) electrons. The zero-order chi connectivity index (χ0) is 11.4. The van der Waals surface area contributed by atoms with Gasteiger partial charge in [0, 0.05) is 6.04 Å². The van der Waals surface area contributed by atoms with E-state index in [1.54, 1.807) is 6.07 Å². The van der Waals surface area contributed by atoms with E-state index < -0.39 is 17.8 Å². The number of aliphatic carboxylic acids is 1. The Kier molecular flexibility index (Phi) is 3.62. The number of ether oxygens (including phenoxy) is 1. The summed E-state index contributed by atoms with van der Waals surface area (Å²) in [4.78, 5) is 10.4. The van der Waals surface area contributed by atoms with Crippen LogP contribution < -0.4 is 10.5 Å². The smallest absolute Gasteiger partial charge is 0.305 e. The summed E-state index contributed by atoms with van der Waals surface area (Å²) >= 11 is 0. The molecule has 0 aliphatic rings. The largest absolute Gasteiger partial charge is 0.494 e. The zero-order valence-corrected chi connectivity index (χ0v) is 8.24. The number of halogens is 1. The van der Waals surface area contributed by atoms with Crippen LogP contribution >= 0.6 is 0 Å². The topological polar surface area (TPSA) is 72.5 Å². The monoisotopic (exact) mass is 213 g/mol. The fraction of sp³-hybridized carbons (Fsp3) is 0.300. The van der Waals surface area contributed by atoms with E-state index in [4.69, 9.17) is 15.6 Å². The number of carboxylic acids is 1. The van der Waals surface area contributed by atoms with Crippen LogP contribution in [0.4, 0.5) is 4.39 Å². The molecule has 0 bridgehead atoms. The van der Waals surface area contributed by atoms with Crippen molar-refractivity contribution < 1.29 is 19.0 Å². The molecular formula is C10H12FNO3. The Labute approximate surface area is 86.5 Å². The molecule has 0 amide bonds. The van der Waals surface area contributed by atoms with Gasteiger partial charge in [-0.15, -0.1) is 0 Å². The quantitative estimate of drug-likeness (QED) is 0.790. The lowest BCUT2D eigenvalue weighted by Crippen LogP contribution is -2.15. The van der Waals surface area contributed by atoms with Crippen LogP contribution in [0.15, 0.2) is 18.2 Å². The van der Waals surface area contributed by atoms with E-state index in [-0.39, 0.29) is 12.2 Å². The summed E-state index contributed by atoms with van der Waals surface area (Å²) in [6.07, 6.45) is -0.230. The first-order valence-electron chi connectivity index (χ1n) is 4.35. The Morgan fingerprint density at radius 3 is 2.80 bits per heavy atom. The van der Waals surface area contributed by atoms with Gasteiger partial charge in [-0.1, -0.05) is 6.07 Å². The normalized spacial score (nSPS) is 12.2. The van der Waals surface area contributed by atoms with Crippen LogP contribution in [0, 0.1) is 5.82 Å². The Bertz CT molecular complexity index is 368. The summed E-state index contributed by atoms with van der Waals surface area (Å²) in [5.41, 5.74) is 6.01. The van der Waals surface area contributed by atoms with Crippen molar-refractivity contribution in [3.63, 3.8) is 0 Å². The van der Waals surface area contributed by atoms with Gasteiger partial charge in [0.05, 0.1) is 13.5 Å². The van der Waals surface area contributed by atoms with Crippen LogP contribution in [0.3, 0.4) is 0 Å². The van der Waals surface area contributed by atoms with Crippen molar-refractivity contribution in [2.75, 3.05) is 7.11 Å². The second kappa shape index (κ2) is 4.75. The molecule has 1 aromatic carbocycles. The Morgan fingerprint density at radius 2 is 2.33 bits per heavy atom. The highest BCUT2D eigenvalue weighted by Gasteiger charge is 2.12. The summed E-state index contributed by atoms with van der Waals surface area (Å²) in [5, 5.41) is 8.52. The molecule has 1 aromatic rings. The van der Waals surface area contributed by atoms with Gasteiger partial charge in [-0.2, -0.15) is 0 Å². The fourth-order valence-corrected chi connectivity index (χ4v) is 1.22. The number of carbonyl (C=O) groups is 1. The van der Waals surface area contributed by atoms with Gasteiger partial charge >= 0.3 is 5.97 Å². The summed E-state index contributed by atoms with van der Waals surface area (Å²) in [6.45, 7) is 0. The second-order valence-corrected chi connectivity index (χ2v) is 3.10. The van der Waals surface area contributed by atoms with E-state index in [0.29, 0.717) is 5.56 Å². The Balaban J connectivity index is 2.87. The van der Waals surface area contributed by atoms with Gasteiger partial charge in [0.25, 0.3) is 0 Å². The summed E-state index contributed by atoms with van der Waals surface area (Å²) in [5.74, 6) is -1.45. The molecule has 1 rings (SSSR count). The van der Waals surface area contributed by atoms with Gasteiger partial charge < -0.3 is 15.6 Å². The first-order valence-corrected chi connectivity index (χ1v) is 4.35. The molecule has 0 spiro atoms. The molecule has 0 aromatic heterocycles. The minimum Gasteiger partial charge on any atom is -0.494 e. The van der Waals surface area contributed by atoms with Gasteiger partial charge in [0.15, 0.2) is 11.6 Å². The third-order valence-corrected chi connectivity index (χ3v) is 2.00. The van der Waals surface area contributed by atoms with Crippen LogP contribution in [0.5, 0.6) is 5.75 Å². The lowest BCUT2D eigenvalue weighted by atomic mass is 10.0. The number of hydrogen-bond acceptors (Lipinski definition) is 3. The van der Waals surface area contributed by atoms with E-state index in [0.717, 1.165) is 0 Å². The van der Waals surface area contributed by atoms with Crippen molar-refractivity contribution in [2.24, 2.45) is 5.73 Å². The van der Waals surface area contributed by atoms with Gasteiger partial charge in [0.2, 0.25) is 0 Å². The summed E-state index contributed by atoms with van der Waals surface area (Å²) in [6, 6.07) is 3.46. The standard InChI is InChI=1S/C10H12FNO3/c1-15-9-3-2-6(4-7(9)11)8(12)5-10(13)14/h2-4,8H,5,12H2,1H3,(H,13,14)/t8-/m1/s1. The molecular weight excluding hydrogens is 201 g/mol. The van der Waals surface area contributed by atoms with Crippen molar-refractivity contribution in [1.29, 1.82) is 0 Å². The maximum absolute atomic E-state index is 13.2. The lowest BCUT2D eigenvalue weighted by Gasteiger charge is -2.10. The SMILES string of the molecule is COc1ccc([C@H](N)CC(=O)O)cc1F. The molecule has 0 saturated carbocycles. The number of rotatable bonds is 4. The van der Waals surface area contributed by atoms with Crippen LogP contribution in [-0.2, 0) is 4.79 Å². The summed E-state index contributed by atoms with van der Waals surface area (Å²) in [7, 11) is 1.36. The number of benzene rings is 1. The fourth-order valence-electron chi connectivity index (χ4n) is 1.22. The van der Waals surface area contributed by atoms with Gasteiger partial charge in [-0.05, 0) is 17.7 Å². The van der Waals surface area contributed by atoms with Crippen molar-refractivity contribution >= 4 is 5.97 Å². The molecule has 0 fully saturated rings. The molecule has 5 heteroatoms. The molecule has 3 N–H and O–H groups in total. The van der Waals surface area contributed by atoms with Gasteiger partial charge in [0.1, 0.15) is 0 Å². The van der Waals surface area contributed by atoms with Crippen LogP contribution in [0.2, 0.25) is 0 Å². The van der Waals surface area contributed by atoms with Gasteiger partial charge in [-0.25, -0.2) is 4.39 Å². The van der Waals surface area contributed by atoms with E-state index in [9.17, 15) is 9.18 Å². The second-order valence-electron chi connectivity index (χ2n) is 3.10. The predicted molar refractivity (Wildman–Crippen MR) is 52.1 cm³/mol. The predicted octanol–water partition coefficient (Wildman–Crippen LogP) is 1.31. The first kappa shape index (κ1) is 11.5. The molecule has 0 aliphatic carbocycles. The molecule has 1 atom stereocenters. The van der Waals surface area contributed by atoms with E-state index in [1.165, 1.54) is 19.2 Å². The maximum atomic E-state index is 13.2. The Hall–Kier alpha value is -1.62. The van der Waals surface area contributed by atoms with E-state index in [2.05, 4.69) is 0 Å². The molecule has 0 saturated heterocycles. The number of nitrogens with two attached hydrogens (primary N) is 1. The molecule has 0 heterocycles. The van der Waals surface area contributed by atoms with E-state index >= 15 is 0 Å². The number of hydrogen-bond donors (Lipinski definition) is 2. The van der Waals surface area contributed by atoms with Crippen LogP contribution in [0.1, 0.15) is 18.0 Å². The van der Waals surface area contributed by atoms with Crippen molar-refractivity contribution in [2.45, 2.75) is 12.5 Å². The number of methoxy groups -OCH3 is 1. The summed E-state index contributed by atoms with van der Waals surface area (Å²) < 4.78 is 17.9. The van der Waals surface area contributed by atoms with E-state index in [1.807, 2.05) is 0 Å². The minimum absolute atomic E-state index is 0.112. The number of carboxylic acid groups (broad SMARTS) is 1. The van der Waals surface area contributed by atoms with Crippen molar-refractivity contribution in [3.05, 3.63) is 29.6 Å².